The van der Waals surface area contributed by atoms with E-state index >= 15 is 0 Å². The first-order valence-electron chi connectivity index (χ1n) is 7.21. The molecule has 1 fully saturated rings. The molecule has 18 heavy (non-hydrogen) atoms. The summed E-state index contributed by atoms with van der Waals surface area (Å²) in [5.74, 6) is 0.962. The third-order valence-electron chi connectivity index (χ3n) is 4.19. The van der Waals surface area contributed by atoms with Gasteiger partial charge in [0.15, 0.2) is 0 Å². The van der Waals surface area contributed by atoms with Crippen LogP contribution in [0.1, 0.15) is 51.0 Å². The molecule has 2 rings (SSSR count). The summed E-state index contributed by atoms with van der Waals surface area (Å²) in [4.78, 5) is 0. The summed E-state index contributed by atoms with van der Waals surface area (Å²) in [6.07, 6.45) is 8.20. The van der Waals surface area contributed by atoms with Crippen LogP contribution in [0, 0.1) is 12.8 Å². The molecule has 2 unspecified atom stereocenters. The molecule has 0 bridgehead atoms. The van der Waals surface area contributed by atoms with Crippen molar-refractivity contribution < 1.29 is 0 Å². The number of rotatable bonds is 3. The average molecular weight is 310 g/mol. The number of halogens is 1. The molecule has 0 aliphatic heterocycles. The summed E-state index contributed by atoms with van der Waals surface area (Å²) < 4.78 is 1.19. The van der Waals surface area contributed by atoms with Gasteiger partial charge in [0.25, 0.3) is 0 Å². The molecular formula is C16H24BrN. The Morgan fingerprint density at radius 1 is 1.22 bits per heavy atom. The lowest BCUT2D eigenvalue weighted by Gasteiger charge is -2.18. The van der Waals surface area contributed by atoms with E-state index in [0.29, 0.717) is 6.04 Å². The van der Waals surface area contributed by atoms with Gasteiger partial charge in [-0.15, -0.1) is 0 Å². The van der Waals surface area contributed by atoms with Crippen LogP contribution in [0.4, 0.5) is 5.69 Å². The van der Waals surface area contributed by atoms with Gasteiger partial charge in [-0.3, -0.25) is 0 Å². The highest BCUT2D eigenvalue weighted by atomic mass is 79.9. The molecule has 2 heteroatoms. The number of nitrogens with one attached hydrogen (secondary N) is 1. The standard InChI is InChI=1S/C16H24BrN/c1-3-13-5-4-6-14(8-7-13)18-15-9-10-16(17)12(2)11-15/h9-11,13-14,18H,3-8H2,1-2H3. The zero-order chi connectivity index (χ0) is 13.0. The molecule has 0 spiro atoms. The Balaban J connectivity index is 1.94. The second kappa shape index (κ2) is 6.60. The fourth-order valence-corrected chi connectivity index (χ4v) is 3.15. The van der Waals surface area contributed by atoms with Crippen molar-refractivity contribution in [1.29, 1.82) is 0 Å². The summed E-state index contributed by atoms with van der Waals surface area (Å²) in [7, 11) is 0. The number of anilines is 1. The molecular weight excluding hydrogens is 286 g/mol. The third kappa shape index (κ3) is 3.74. The predicted molar refractivity (Wildman–Crippen MR) is 83.2 cm³/mol. The van der Waals surface area contributed by atoms with Gasteiger partial charge in [0.05, 0.1) is 0 Å². The molecule has 1 N–H and O–H groups in total. The molecule has 0 amide bonds. The molecule has 0 saturated heterocycles. The maximum absolute atomic E-state index is 3.71. The van der Waals surface area contributed by atoms with Crippen molar-refractivity contribution in [3.8, 4) is 0 Å². The lowest BCUT2D eigenvalue weighted by molar-refractivity contribution is 0.444. The van der Waals surface area contributed by atoms with Crippen molar-refractivity contribution >= 4 is 21.6 Å². The van der Waals surface area contributed by atoms with Crippen LogP contribution in [-0.4, -0.2) is 6.04 Å². The molecule has 1 aliphatic rings. The van der Waals surface area contributed by atoms with E-state index in [1.807, 2.05) is 0 Å². The minimum absolute atomic E-state index is 0.669. The van der Waals surface area contributed by atoms with Gasteiger partial charge in [-0.2, -0.15) is 0 Å². The minimum Gasteiger partial charge on any atom is -0.382 e. The van der Waals surface area contributed by atoms with E-state index in [0.717, 1.165) is 5.92 Å². The van der Waals surface area contributed by atoms with Crippen LogP contribution in [0.15, 0.2) is 22.7 Å². The van der Waals surface area contributed by atoms with Crippen molar-refractivity contribution in [1.82, 2.24) is 0 Å². The van der Waals surface area contributed by atoms with E-state index < -0.39 is 0 Å². The smallest absolute Gasteiger partial charge is 0.0345 e. The lowest BCUT2D eigenvalue weighted by atomic mass is 9.98. The number of hydrogen-bond donors (Lipinski definition) is 1. The fraction of sp³-hybridized carbons (Fsp3) is 0.625. The summed E-state index contributed by atoms with van der Waals surface area (Å²) in [5.41, 5.74) is 2.58. The Hall–Kier alpha value is -0.500. The number of hydrogen-bond acceptors (Lipinski definition) is 1. The molecule has 0 heterocycles. The first-order chi connectivity index (χ1) is 8.69. The van der Waals surface area contributed by atoms with E-state index in [2.05, 4.69) is 53.3 Å². The largest absolute Gasteiger partial charge is 0.382 e. The lowest BCUT2D eigenvalue weighted by Crippen LogP contribution is -2.18. The van der Waals surface area contributed by atoms with Gasteiger partial charge in [-0.1, -0.05) is 42.1 Å². The van der Waals surface area contributed by atoms with Crippen molar-refractivity contribution in [2.45, 2.75) is 58.4 Å². The van der Waals surface area contributed by atoms with Crippen molar-refractivity contribution in [2.24, 2.45) is 5.92 Å². The van der Waals surface area contributed by atoms with Gasteiger partial charge in [0, 0.05) is 16.2 Å². The quantitative estimate of drug-likeness (QED) is 0.724. The van der Waals surface area contributed by atoms with Gasteiger partial charge in [0.2, 0.25) is 0 Å². The first kappa shape index (κ1) is 13.9. The van der Waals surface area contributed by atoms with Crippen LogP contribution >= 0.6 is 15.9 Å². The van der Waals surface area contributed by atoms with Crippen molar-refractivity contribution in [3.05, 3.63) is 28.2 Å². The monoisotopic (exact) mass is 309 g/mol. The van der Waals surface area contributed by atoms with Gasteiger partial charge < -0.3 is 5.32 Å². The number of aryl methyl sites for hydroxylation is 1. The molecule has 2 atom stereocenters. The van der Waals surface area contributed by atoms with Crippen LogP contribution in [0.3, 0.4) is 0 Å². The van der Waals surface area contributed by atoms with Gasteiger partial charge in [0.1, 0.15) is 0 Å². The molecule has 1 aromatic carbocycles. The first-order valence-corrected chi connectivity index (χ1v) is 8.01. The van der Waals surface area contributed by atoms with Gasteiger partial charge >= 0.3 is 0 Å². The van der Waals surface area contributed by atoms with E-state index in [1.54, 1.807) is 0 Å². The Morgan fingerprint density at radius 3 is 2.78 bits per heavy atom. The van der Waals surface area contributed by atoms with E-state index in [4.69, 9.17) is 0 Å². The molecule has 1 saturated carbocycles. The summed E-state index contributed by atoms with van der Waals surface area (Å²) in [6.45, 7) is 4.48. The number of benzene rings is 1. The summed E-state index contributed by atoms with van der Waals surface area (Å²) >= 11 is 3.56. The molecule has 100 valence electrons. The third-order valence-corrected chi connectivity index (χ3v) is 5.08. The predicted octanol–water partition coefficient (Wildman–Crippen LogP) is 5.53. The second-order valence-corrected chi connectivity index (χ2v) is 6.44. The van der Waals surface area contributed by atoms with Crippen LogP contribution in [0.5, 0.6) is 0 Å². The summed E-state index contributed by atoms with van der Waals surface area (Å²) in [5, 5.41) is 3.71. The van der Waals surface area contributed by atoms with E-state index in [9.17, 15) is 0 Å². The Morgan fingerprint density at radius 2 is 2.06 bits per heavy atom. The Bertz CT molecular complexity index is 389. The highest BCUT2D eigenvalue weighted by Crippen LogP contribution is 2.28. The summed E-state index contributed by atoms with van der Waals surface area (Å²) in [6, 6.07) is 7.23. The van der Waals surface area contributed by atoms with E-state index in [-0.39, 0.29) is 0 Å². The van der Waals surface area contributed by atoms with Crippen molar-refractivity contribution in [3.63, 3.8) is 0 Å². The SMILES string of the molecule is CCC1CCCC(Nc2ccc(Br)c(C)c2)CC1. The molecule has 0 aromatic heterocycles. The Labute approximate surface area is 119 Å². The molecule has 1 nitrogen and oxygen atoms in total. The average Bonchev–Trinajstić information content (AvgIpc) is 2.59. The maximum Gasteiger partial charge on any atom is 0.0345 e. The molecule has 1 aromatic rings. The maximum atomic E-state index is 3.71. The van der Waals surface area contributed by atoms with Crippen LogP contribution in [0.2, 0.25) is 0 Å². The van der Waals surface area contributed by atoms with Gasteiger partial charge in [-0.25, -0.2) is 0 Å². The zero-order valence-electron chi connectivity index (χ0n) is 11.5. The van der Waals surface area contributed by atoms with Gasteiger partial charge in [-0.05, 0) is 55.9 Å². The van der Waals surface area contributed by atoms with Crippen molar-refractivity contribution in [2.75, 3.05) is 5.32 Å². The normalized spacial score (nSPS) is 24.6. The van der Waals surface area contributed by atoms with Crippen LogP contribution < -0.4 is 5.32 Å². The molecule has 1 aliphatic carbocycles. The zero-order valence-corrected chi connectivity index (χ0v) is 13.1. The fourth-order valence-electron chi connectivity index (χ4n) is 2.90. The minimum atomic E-state index is 0.669. The van der Waals surface area contributed by atoms with Crippen LogP contribution in [0.25, 0.3) is 0 Å². The highest BCUT2D eigenvalue weighted by molar-refractivity contribution is 9.10. The topological polar surface area (TPSA) is 12.0 Å². The molecule has 0 radical (unpaired) electrons. The van der Waals surface area contributed by atoms with Crippen LogP contribution in [-0.2, 0) is 0 Å². The Kier molecular flexibility index (Phi) is 5.11. The van der Waals surface area contributed by atoms with E-state index in [1.165, 1.54) is 54.2 Å². The second-order valence-electron chi connectivity index (χ2n) is 5.59. The highest BCUT2D eigenvalue weighted by Gasteiger charge is 2.17.